The lowest BCUT2D eigenvalue weighted by molar-refractivity contribution is -0.138. The highest BCUT2D eigenvalue weighted by molar-refractivity contribution is 5.82. The average molecular weight is 273 g/mol. The van der Waals surface area contributed by atoms with Crippen molar-refractivity contribution in [2.75, 3.05) is 4.90 Å². The molecule has 1 aromatic heterocycles. The zero-order chi connectivity index (χ0) is 14.1. The van der Waals surface area contributed by atoms with Crippen molar-refractivity contribution in [3.63, 3.8) is 0 Å². The molecule has 2 heterocycles. The summed E-state index contributed by atoms with van der Waals surface area (Å²) in [5, 5.41) is 17.3. The van der Waals surface area contributed by atoms with Crippen LogP contribution in [0.2, 0.25) is 0 Å². The molecule has 1 aliphatic heterocycles. The van der Waals surface area contributed by atoms with Gasteiger partial charge in [-0.2, -0.15) is 0 Å². The smallest absolute Gasteiger partial charge is 0.326 e. The van der Waals surface area contributed by atoms with Crippen LogP contribution in [0, 0.1) is 0 Å². The Morgan fingerprint density at radius 3 is 2.85 bits per heavy atom. The highest BCUT2D eigenvalue weighted by Gasteiger charge is 2.35. The van der Waals surface area contributed by atoms with Crippen molar-refractivity contribution >= 4 is 11.7 Å². The summed E-state index contributed by atoms with van der Waals surface area (Å²) in [6, 6.07) is 7.13. The van der Waals surface area contributed by atoms with Crippen LogP contribution in [0.15, 0.2) is 28.7 Å². The quantitative estimate of drug-likeness (QED) is 0.912. The van der Waals surface area contributed by atoms with E-state index in [0.29, 0.717) is 31.2 Å². The summed E-state index contributed by atoms with van der Waals surface area (Å²) in [6.45, 7) is 2.25. The van der Waals surface area contributed by atoms with E-state index in [9.17, 15) is 9.90 Å². The number of para-hydroxylation sites is 1. The lowest BCUT2D eigenvalue weighted by Gasteiger charge is -2.22. The molecular formula is C14H15N3O3. The Kier molecular flexibility index (Phi) is 3.14. The van der Waals surface area contributed by atoms with Gasteiger partial charge in [-0.15, -0.1) is 10.2 Å². The van der Waals surface area contributed by atoms with Gasteiger partial charge in [-0.1, -0.05) is 25.1 Å². The van der Waals surface area contributed by atoms with Crippen molar-refractivity contribution in [2.45, 2.75) is 32.4 Å². The van der Waals surface area contributed by atoms with Gasteiger partial charge in [-0.3, -0.25) is 0 Å². The Morgan fingerprint density at radius 1 is 1.40 bits per heavy atom. The number of carboxylic acids is 1. The molecule has 1 aromatic carbocycles. The van der Waals surface area contributed by atoms with E-state index in [0.717, 1.165) is 11.3 Å². The van der Waals surface area contributed by atoms with E-state index < -0.39 is 12.0 Å². The number of aromatic nitrogens is 2. The Labute approximate surface area is 116 Å². The Morgan fingerprint density at radius 2 is 2.15 bits per heavy atom. The molecule has 0 bridgehead atoms. The first-order valence-electron chi connectivity index (χ1n) is 6.57. The van der Waals surface area contributed by atoms with Crippen molar-refractivity contribution < 1.29 is 14.3 Å². The summed E-state index contributed by atoms with van der Waals surface area (Å²) in [5.74, 6) is 0.181. The maximum atomic E-state index is 11.4. The topological polar surface area (TPSA) is 79.5 Å². The molecule has 0 spiro atoms. The number of aliphatic carboxylic acids is 1. The van der Waals surface area contributed by atoms with Gasteiger partial charge in [0.1, 0.15) is 6.04 Å². The summed E-state index contributed by atoms with van der Waals surface area (Å²) in [5.41, 5.74) is 1.96. The molecule has 1 aliphatic rings. The van der Waals surface area contributed by atoms with Gasteiger partial charge in [0, 0.05) is 18.5 Å². The molecule has 6 heteroatoms. The van der Waals surface area contributed by atoms with Crippen molar-refractivity contribution in [2.24, 2.45) is 0 Å². The number of fused-ring (bicyclic) bond motifs is 1. The largest absolute Gasteiger partial charge is 0.480 e. The molecular weight excluding hydrogens is 258 g/mol. The van der Waals surface area contributed by atoms with Gasteiger partial charge in [0.15, 0.2) is 0 Å². The predicted molar refractivity (Wildman–Crippen MR) is 71.4 cm³/mol. The molecule has 6 nitrogen and oxygen atoms in total. The molecule has 1 atom stereocenters. The molecule has 2 aromatic rings. The maximum absolute atomic E-state index is 11.4. The molecule has 0 aliphatic carbocycles. The highest BCUT2D eigenvalue weighted by atomic mass is 16.4. The maximum Gasteiger partial charge on any atom is 0.326 e. The van der Waals surface area contributed by atoms with E-state index in [1.54, 1.807) is 0 Å². The first kappa shape index (κ1) is 12.7. The summed E-state index contributed by atoms with van der Waals surface area (Å²) >= 11 is 0. The fourth-order valence-electron chi connectivity index (χ4n) is 2.51. The normalized spacial score (nSPS) is 17.2. The third kappa shape index (κ3) is 2.13. The second-order valence-electron chi connectivity index (χ2n) is 4.76. The van der Waals surface area contributed by atoms with Crippen LogP contribution in [0.1, 0.15) is 24.3 Å². The van der Waals surface area contributed by atoms with Gasteiger partial charge in [0.05, 0.1) is 6.54 Å². The number of carbonyl (C=O) groups is 1. The summed E-state index contributed by atoms with van der Waals surface area (Å²) in [7, 11) is 0. The monoisotopic (exact) mass is 273 g/mol. The summed E-state index contributed by atoms with van der Waals surface area (Å²) in [6.07, 6.45) is 1.17. The van der Waals surface area contributed by atoms with Gasteiger partial charge in [-0.25, -0.2) is 4.79 Å². The second kappa shape index (κ2) is 4.96. The number of nitrogens with zero attached hydrogens (tertiary/aromatic N) is 3. The molecule has 0 saturated heterocycles. The van der Waals surface area contributed by atoms with Crippen LogP contribution in [0.25, 0.3) is 0 Å². The summed E-state index contributed by atoms with van der Waals surface area (Å²) < 4.78 is 5.48. The third-order valence-corrected chi connectivity index (χ3v) is 3.49. The Hall–Kier alpha value is -2.37. The fraction of sp³-hybridized carbons (Fsp3) is 0.357. The van der Waals surface area contributed by atoms with E-state index in [1.165, 1.54) is 0 Å². The number of carboxylic acid groups (broad SMARTS) is 1. The molecule has 20 heavy (non-hydrogen) atoms. The number of hydrogen-bond donors (Lipinski definition) is 1. The first-order valence-corrected chi connectivity index (χ1v) is 6.57. The number of aryl methyl sites for hydroxylation is 1. The van der Waals surface area contributed by atoms with Crippen LogP contribution in [0.4, 0.5) is 5.69 Å². The second-order valence-corrected chi connectivity index (χ2v) is 4.76. The summed E-state index contributed by atoms with van der Waals surface area (Å²) in [4.78, 5) is 13.2. The van der Waals surface area contributed by atoms with E-state index in [1.807, 2.05) is 36.1 Å². The lowest BCUT2D eigenvalue weighted by atomic mass is 10.1. The van der Waals surface area contributed by atoms with Crippen LogP contribution in [0.5, 0.6) is 0 Å². The number of hydrogen-bond acceptors (Lipinski definition) is 5. The van der Waals surface area contributed by atoms with Crippen LogP contribution in [-0.4, -0.2) is 27.3 Å². The number of anilines is 1. The van der Waals surface area contributed by atoms with Crippen LogP contribution < -0.4 is 4.90 Å². The zero-order valence-electron chi connectivity index (χ0n) is 11.1. The Balaban J connectivity index is 1.90. The average Bonchev–Trinajstić information content (AvgIpc) is 3.04. The van der Waals surface area contributed by atoms with E-state index in [4.69, 9.17) is 4.42 Å². The molecule has 3 rings (SSSR count). The van der Waals surface area contributed by atoms with Gasteiger partial charge in [0.2, 0.25) is 11.8 Å². The van der Waals surface area contributed by atoms with Crippen molar-refractivity contribution in [3.8, 4) is 0 Å². The Bertz CT molecular complexity index is 638. The SMILES string of the molecule is CCc1nnc(CN2c3ccccc3CC2C(=O)O)o1. The molecule has 0 saturated carbocycles. The van der Waals surface area contributed by atoms with Crippen LogP contribution in [0.3, 0.4) is 0 Å². The minimum Gasteiger partial charge on any atom is -0.480 e. The van der Waals surface area contributed by atoms with Gasteiger partial charge < -0.3 is 14.4 Å². The molecule has 0 radical (unpaired) electrons. The van der Waals surface area contributed by atoms with Gasteiger partial charge >= 0.3 is 5.97 Å². The van der Waals surface area contributed by atoms with E-state index in [2.05, 4.69) is 10.2 Å². The molecule has 1 N–H and O–H groups in total. The number of rotatable bonds is 4. The van der Waals surface area contributed by atoms with E-state index in [-0.39, 0.29) is 0 Å². The van der Waals surface area contributed by atoms with Crippen molar-refractivity contribution in [3.05, 3.63) is 41.6 Å². The van der Waals surface area contributed by atoms with Crippen molar-refractivity contribution in [1.82, 2.24) is 10.2 Å². The molecule has 104 valence electrons. The van der Waals surface area contributed by atoms with Gasteiger partial charge in [-0.05, 0) is 11.6 Å². The standard InChI is InChI=1S/C14H15N3O3/c1-2-12-15-16-13(20-12)8-17-10-6-4-3-5-9(10)7-11(17)14(18)19/h3-6,11H,2,7-8H2,1H3,(H,18,19). The molecule has 1 unspecified atom stereocenters. The highest BCUT2D eigenvalue weighted by Crippen LogP contribution is 2.33. The van der Waals surface area contributed by atoms with Crippen molar-refractivity contribution in [1.29, 1.82) is 0 Å². The van der Waals surface area contributed by atoms with E-state index >= 15 is 0 Å². The lowest BCUT2D eigenvalue weighted by Crippen LogP contribution is -2.38. The minimum absolute atomic E-state index is 0.320. The van der Waals surface area contributed by atoms with Gasteiger partial charge in [0.25, 0.3) is 0 Å². The van der Waals surface area contributed by atoms with Crippen LogP contribution >= 0.6 is 0 Å². The first-order chi connectivity index (χ1) is 9.69. The third-order valence-electron chi connectivity index (χ3n) is 3.49. The molecule has 0 fully saturated rings. The molecule has 0 amide bonds. The minimum atomic E-state index is -0.837. The number of benzene rings is 1. The fourth-order valence-corrected chi connectivity index (χ4v) is 2.51. The zero-order valence-corrected chi connectivity index (χ0v) is 11.1. The van der Waals surface area contributed by atoms with Crippen LogP contribution in [-0.2, 0) is 24.2 Å². The predicted octanol–water partition coefficient (Wildman–Crippen LogP) is 1.65.